The van der Waals surface area contributed by atoms with Crippen LogP contribution in [0.4, 0.5) is 4.39 Å². The highest BCUT2D eigenvalue weighted by molar-refractivity contribution is 6.26. The Kier molecular flexibility index (Phi) is 6.74. The van der Waals surface area contributed by atoms with Crippen LogP contribution in [0.1, 0.15) is 30.5 Å². The summed E-state index contributed by atoms with van der Waals surface area (Å²) >= 11 is 0. The van der Waals surface area contributed by atoms with Crippen molar-refractivity contribution in [2.75, 3.05) is 20.6 Å². The minimum atomic E-state index is -2.07. The average Bonchev–Trinajstić information content (AvgIpc) is 2.89. The van der Waals surface area contributed by atoms with E-state index in [0.717, 1.165) is 24.8 Å². The lowest BCUT2D eigenvalue weighted by Gasteiger charge is -2.16. The summed E-state index contributed by atoms with van der Waals surface area (Å²) in [6.07, 6.45) is 5.95. The first-order chi connectivity index (χ1) is 12.3. The Balaban J connectivity index is 0.000000352. The lowest BCUT2D eigenvalue weighted by molar-refractivity contribution is -0.858. The molecule has 2 aromatic rings. The maximum absolute atomic E-state index is 13.6. The minimum Gasteiger partial charge on any atom is -0.539 e. The van der Waals surface area contributed by atoms with Crippen LogP contribution >= 0.6 is 0 Å². The number of carboxylic acid groups (broad SMARTS) is 2. The Bertz CT molecular complexity index is 786. The van der Waals surface area contributed by atoms with E-state index in [1.807, 2.05) is 6.07 Å². The van der Waals surface area contributed by atoms with Crippen LogP contribution in [0.25, 0.3) is 10.9 Å². The van der Waals surface area contributed by atoms with Crippen LogP contribution in [0.5, 0.6) is 0 Å². The molecule has 1 aliphatic rings. The van der Waals surface area contributed by atoms with E-state index < -0.39 is 11.9 Å². The van der Waals surface area contributed by atoms with Gasteiger partial charge in [0.2, 0.25) is 0 Å². The molecule has 6 nitrogen and oxygen atoms in total. The van der Waals surface area contributed by atoms with E-state index in [2.05, 4.69) is 18.7 Å². The highest BCUT2D eigenvalue weighted by atomic mass is 19.1. The second-order valence-corrected chi connectivity index (χ2v) is 6.85. The molecule has 0 amide bonds. The topological polar surface area (TPSA) is 86.8 Å². The third-order valence-corrected chi connectivity index (χ3v) is 4.57. The molecule has 0 bridgehead atoms. The second kappa shape index (κ2) is 8.80. The van der Waals surface area contributed by atoms with Gasteiger partial charge in [0.1, 0.15) is 5.82 Å². The van der Waals surface area contributed by atoms with E-state index >= 15 is 0 Å². The van der Waals surface area contributed by atoms with Crippen molar-refractivity contribution < 1.29 is 29.1 Å². The van der Waals surface area contributed by atoms with Crippen LogP contribution in [-0.4, -0.2) is 42.3 Å². The largest absolute Gasteiger partial charge is 0.539 e. The van der Waals surface area contributed by atoms with Gasteiger partial charge >= 0.3 is 5.97 Å². The second-order valence-electron chi connectivity index (χ2n) is 6.85. The number of aryl methyl sites for hydroxylation is 2. The Morgan fingerprint density at radius 3 is 2.54 bits per heavy atom. The van der Waals surface area contributed by atoms with Gasteiger partial charge in [0.15, 0.2) is 5.97 Å². The standard InChI is InChI=1S/C17H23FN2.C2H2O4/c1-19(2)10-5-11-20-16-7-4-3-6-14(16)15-12-13(18)8-9-17(15)20;3-1(4)2(5)6/h8-9,12H,3-7,10-11H2,1-2H3;(H,3,4)(H,5,6). The molecule has 0 radical (unpaired) electrons. The van der Waals surface area contributed by atoms with Crippen molar-refractivity contribution in [3.63, 3.8) is 0 Å². The average molecular weight is 364 g/mol. The highest BCUT2D eigenvalue weighted by Crippen LogP contribution is 2.32. The van der Waals surface area contributed by atoms with Crippen LogP contribution < -0.4 is 10.0 Å². The Morgan fingerprint density at radius 2 is 1.92 bits per heavy atom. The van der Waals surface area contributed by atoms with E-state index in [4.69, 9.17) is 19.8 Å². The molecule has 0 fully saturated rings. The predicted octanol–water partition coefficient (Wildman–Crippen LogP) is 0.0147. The van der Waals surface area contributed by atoms with E-state index in [1.165, 1.54) is 47.5 Å². The third-order valence-electron chi connectivity index (χ3n) is 4.57. The minimum absolute atomic E-state index is 0.110. The van der Waals surface area contributed by atoms with Crippen molar-refractivity contribution in [1.29, 1.82) is 0 Å². The first-order valence-corrected chi connectivity index (χ1v) is 8.84. The fourth-order valence-corrected chi connectivity index (χ4v) is 3.45. The molecule has 1 aliphatic carbocycles. The maximum atomic E-state index is 13.6. The van der Waals surface area contributed by atoms with Crippen LogP contribution in [0.2, 0.25) is 0 Å². The number of quaternary nitrogens is 1. The normalized spacial score (nSPS) is 13.2. The molecule has 26 heavy (non-hydrogen) atoms. The SMILES string of the molecule is C[NH+](C)CCCn1c2c(c3cc(F)ccc31)CCCC2.O=C([O-])C(=O)O. The van der Waals surface area contributed by atoms with Crippen molar-refractivity contribution >= 4 is 22.8 Å². The number of fused-ring (bicyclic) bond motifs is 3. The van der Waals surface area contributed by atoms with E-state index in [-0.39, 0.29) is 5.82 Å². The van der Waals surface area contributed by atoms with Gasteiger partial charge < -0.3 is 24.5 Å². The molecule has 0 spiro atoms. The van der Waals surface area contributed by atoms with Gasteiger partial charge in [-0.3, -0.25) is 0 Å². The van der Waals surface area contributed by atoms with Crippen molar-refractivity contribution in [3.05, 3.63) is 35.3 Å². The van der Waals surface area contributed by atoms with Crippen LogP contribution in [0.15, 0.2) is 18.2 Å². The van der Waals surface area contributed by atoms with Crippen molar-refractivity contribution in [1.82, 2.24) is 4.57 Å². The molecule has 0 saturated carbocycles. The van der Waals surface area contributed by atoms with Crippen LogP contribution in [0, 0.1) is 5.82 Å². The maximum Gasteiger partial charge on any atom is 0.351 e. The van der Waals surface area contributed by atoms with Crippen LogP contribution in [-0.2, 0) is 29.0 Å². The molecular weight excluding hydrogens is 339 g/mol. The summed E-state index contributed by atoms with van der Waals surface area (Å²) in [5.74, 6) is -4.12. The first kappa shape index (κ1) is 19.9. The smallest absolute Gasteiger partial charge is 0.351 e. The number of hydrogen-bond acceptors (Lipinski definition) is 3. The van der Waals surface area contributed by atoms with E-state index in [0.29, 0.717) is 0 Å². The fourth-order valence-electron chi connectivity index (χ4n) is 3.45. The molecule has 1 heterocycles. The number of aromatic nitrogens is 1. The molecule has 3 rings (SSSR count). The number of nitrogens with one attached hydrogen (secondary N) is 1. The van der Waals surface area contributed by atoms with Gasteiger partial charge in [-0.25, -0.2) is 9.18 Å². The predicted molar refractivity (Wildman–Crippen MR) is 93.5 cm³/mol. The Labute approximate surface area is 151 Å². The highest BCUT2D eigenvalue weighted by Gasteiger charge is 2.20. The number of nitrogens with zero attached hydrogens (tertiary/aromatic N) is 1. The summed E-state index contributed by atoms with van der Waals surface area (Å²) < 4.78 is 16.0. The lowest BCUT2D eigenvalue weighted by Crippen LogP contribution is -3.05. The van der Waals surface area contributed by atoms with Crippen molar-refractivity contribution in [2.45, 2.75) is 38.6 Å². The molecule has 1 aromatic carbocycles. The zero-order chi connectivity index (χ0) is 19.3. The van der Waals surface area contributed by atoms with Gasteiger partial charge in [0, 0.05) is 29.6 Å². The number of rotatable bonds is 4. The Hall–Kier alpha value is -2.41. The van der Waals surface area contributed by atoms with Crippen molar-refractivity contribution in [2.24, 2.45) is 0 Å². The molecule has 142 valence electrons. The number of aliphatic carboxylic acids is 2. The molecule has 0 atom stereocenters. The zero-order valence-electron chi connectivity index (χ0n) is 15.2. The number of carbonyl (C=O) groups is 2. The van der Waals surface area contributed by atoms with Gasteiger partial charge in [-0.1, -0.05) is 0 Å². The quantitative estimate of drug-likeness (QED) is 0.749. The molecule has 1 aromatic heterocycles. The van der Waals surface area contributed by atoms with Gasteiger partial charge in [-0.15, -0.1) is 0 Å². The summed E-state index contributed by atoms with van der Waals surface area (Å²) in [7, 11) is 4.39. The summed E-state index contributed by atoms with van der Waals surface area (Å²) in [4.78, 5) is 19.5. The van der Waals surface area contributed by atoms with Gasteiger partial charge in [-0.2, -0.15) is 0 Å². The number of benzene rings is 1. The van der Waals surface area contributed by atoms with E-state index in [9.17, 15) is 4.39 Å². The first-order valence-electron chi connectivity index (χ1n) is 8.84. The monoisotopic (exact) mass is 364 g/mol. The molecule has 0 aliphatic heterocycles. The third kappa shape index (κ3) is 4.82. The van der Waals surface area contributed by atoms with Gasteiger partial charge in [0.05, 0.1) is 20.6 Å². The van der Waals surface area contributed by atoms with Crippen molar-refractivity contribution in [3.8, 4) is 0 Å². The van der Waals surface area contributed by atoms with Gasteiger partial charge in [0.25, 0.3) is 0 Å². The summed E-state index contributed by atoms with van der Waals surface area (Å²) in [5.41, 5.74) is 4.10. The summed E-state index contributed by atoms with van der Waals surface area (Å²) in [6.45, 7) is 2.23. The molecule has 0 saturated heterocycles. The lowest BCUT2D eigenvalue weighted by atomic mass is 9.95. The fraction of sp³-hybridized carbons (Fsp3) is 0.474. The van der Waals surface area contributed by atoms with Gasteiger partial charge in [-0.05, 0) is 49.4 Å². The Morgan fingerprint density at radius 1 is 1.27 bits per heavy atom. The molecule has 0 unspecified atom stereocenters. The molecule has 2 N–H and O–H groups in total. The number of halogens is 1. The summed E-state index contributed by atoms with van der Waals surface area (Å²) in [5, 5.41) is 17.5. The van der Waals surface area contributed by atoms with E-state index in [1.54, 1.807) is 12.1 Å². The molecule has 7 heteroatoms. The summed E-state index contributed by atoms with van der Waals surface area (Å²) in [6, 6.07) is 5.29. The number of hydrogen-bond donors (Lipinski definition) is 2. The zero-order valence-corrected chi connectivity index (χ0v) is 15.2. The number of carbonyl (C=O) groups excluding carboxylic acids is 1. The van der Waals surface area contributed by atoms with Crippen LogP contribution in [0.3, 0.4) is 0 Å². The number of carboxylic acids is 2. The molecular formula is C19H25FN2O4.